The average molecular weight is 192 g/mol. The van der Waals surface area contributed by atoms with Gasteiger partial charge in [-0.2, -0.15) is 0 Å². The standard InChI is InChI=1S/C10H13BO3/c1-3-5-9-7-14-11(13)10(9)8(4-2)6-12/h3-5,12-13H,1-2,6-7H2/b9-5-,10-8-. The van der Waals surface area contributed by atoms with E-state index in [2.05, 4.69) is 13.2 Å². The molecule has 0 bridgehead atoms. The van der Waals surface area contributed by atoms with Gasteiger partial charge in [0.25, 0.3) is 0 Å². The third kappa shape index (κ3) is 2.04. The summed E-state index contributed by atoms with van der Waals surface area (Å²) >= 11 is 0. The maximum absolute atomic E-state index is 9.50. The second kappa shape index (κ2) is 4.95. The Morgan fingerprint density at radius 1 is 1.57 bits per heavy atom. The van der Waals surface area contributed by atoms with Gasteiger partial charge in [-0.05, 0) is 16.6 Å². The molecular formula is C10H13BO3. The molecule has 1 heterocycles. The van der Waals surface area contributed by atoms with Gasteiger partial charge in [0.05, 0.1) is 13.2 Å². The van der Waals surface area contributed by atoms with Crippen molar-refractivity contribution in [3.8, 4) is 0 Å². The largest absolute Gasteiger partial charge is 0.492 e. The van der Waals surface area contributed by atoms with Gasteiger partial charge in [0, 0.05) is 0 Å². The van der Waals surface area contributed by atoms with Crippen LogP contribution in [0.25, 0.3) is 0 Å². The van der Waals surface area contributed by atoms with Gasteiger partial charge in [-0.3, -0.25) is 0 Å². The maximum Gasteiger partial charge on any atom is 0.492 e. The molecule has 0 aromatic rings. The third-order valence-electron chi connectivity index (χ3n) is 2.07. The molecule has 4 heteroatoms. The van der Waals surface area contributed by atoms with Crippen LogP contribution in [-0.4, -0.2) is 30.5 Å². The van der Waals surface area contributed by atoms with Gasteiger partial charge in [0.1, 0.15) is 0 Å². The zero-order valence-corrected chi connectivity index (χ0v) is 7.94. The van der Waals surface area contributed by atoms with E-state index in [1.54, 1.807) is 12.2 Å². The Morgan fingerprint density at radius 3 is 2.79 bits per heavy atom. The summed E-state index contributed by atoms with van der Waals surface area (Å²) in [5.41, 5.74) is 2.02. The minimum atomic E-state index is -0.971. The van der Waals surface area contributed by atoms with Crippen LogP contribution < -0.4 is 0 Å². The number of allylic oxidation sites excluding steroid dienone is 2. The Hall–Kier alpha value is -1.10. The summed E-state index contributed by atoms with van der Waals surface area (Å²) < 4.78 is 5.04. The van der Waals surface area contributed by atoms with Crippen LogP contribution in [0.2, 0.25) is 0 Å². The molecule has 0 aromatic carbocycles. The lowest BCUT2D eigenvalue weighted by atomic mass is 9.74. The first-order valence-electron chi connectivity index (χ1n) is 4.32. The number of hydrogen-bond donors (Lipinski definition) is 2. The molecule has 74 valence electrons. The van der Waals surface area contributed by atoms with Crippen molar-refractivity contribution in [3.63, 3.8) is 0 Å². The van der Waals surface area contributed by atoms with E-state index in [9.17, 15) is 5.02 Å². The van der Waals surface area contributed by atoms with Gasteiger partial charge in [-0.1, -0.05) is 31.4 Å². The maximum atomic E-state index is 9.50. The summed E-state index contributed by atoms with van der Waals surface area (Å²) in [4.78, 5) is 0. The minimum absolute atomic E-state index is 0.159. The third-order valence-corrected chi connectivity index (χ3v) is 2.07. The summed E-state index contributed by atoms with van der Waals surface area (Å²) in [6, 6.07) is 0. The van der Waals surface area contributed by atoms with Gasteiger partial charge in [-0.25, -0.2) is 0 Å². The van der Waals surface area contributed by atoms with Crippen LogP contribution in [0.3, 0.4) is 0 Å². The van der Waals surface area contributed by atoms with Crippen molar-refractivity contribution in [3.05, 3.63) is 48.0 Å². The molecule has 0 atom stereocenters. The Balaban J connectivity index is 3.14. The SMILES string of the molecule is C=C/C=C1/COB(O)/C1=C(/C=C)CO. The fourth-order valence-electron chi connectivity index (χ4n) is 1.39. The van der Waals surface area contributed by atoms with Crippen LogP contribution >= 0.6 is 0 Å². The van der Waals surface area contributed by atoms with E-state index in [0.717, 1.165) is 5.57 Å². The first kappa shape index (κ1) is 11.0. The van der Waals surface area contributed by atoms with E-state index in [0.29, 0.717) is 17.7 Å². The highest BCUT2D eigenvalue weighted by molar-refractivity contribution is 6.55. The van der Waals surface area contributed by atoms with E-state index < -0.39 is 7.12 Å². The van der Waals surface area contributed by atoms with Crippen molar-refractivity contribution in [1.82, 2.24) is 0 Å². The van der Waals surface area contributed by atoms with Crippen LogP contribution in [-0.2, 0) is 4.65 Å². The van der Waals surface area contributed by atoms with Crippen LogP contribution in [0, 0.1) is 0 Å². The molecule has 0 spiro atoms. The fourth-order valence-corrected chi connectivity index (χ4v) is 1.39. The second-order valence-electron chi connectivity index (χ2n) is 2.89. The first-order valence-corrected chi connectivity index (χ1v) is 4.32. The van der Waals surface area contributed by atoms with E-state index in [-0.39, 0.29) is 6.61 Å². The number of rotatable bonds is 3. The van der Waals surface area contributed by atoms with Crippen molar-refractivity contribution in [2.75, 3.05) is 13.2 Å². The molecule has 0 aromatic heterocycles. The average Bonchev–Trinajstić information content (AvgIpc) is 2.53. The summed E-state index contributed by atoms with van der Waals surface area (Å²) in [5, 5.41) is 18.5. The molecule has 0 radical (unpaired) electrons. The lowest BCUT2D eigenvalue weighted by molar-refractivity contribution is 0.315. The van der Waals surface area contributed by atoms with Crippen LogP contribution in [0.1, 0.15) is 0 Å². The monoisotopic (exact) mass is 192 g/mol. The number of hydrogen-bond acceptors (Lipinski definition) is 3. The number of aliphatic hydroxyl groups is 1. The molecule has 1 rings (SSSR count). The van der Waals surface area contributed by atoms with Crippen LogP contribution in [0.15, 0.2) is 48.0 Å². The highest BCUT2D eigenvalue weighted by atomic mass is 16.5. The smallest absolute Gasteiger partial charge is 0.423 e. The minimum Gasteiger partial charge on any atom is -0.423 e. The van der Waals surface area contributed by atoms with Gasteiger partial charge in [0.2, 0.25) is 0 Å². The van der Waals surface area contributed by atoms with Crippen molar-refractivity contribution >= 4 is 7.12 Å². The highest BCUT2D eigenvalue weighted by Gasteiger charge is 2.31. The zero-order valence-electron chi connectivity index (χ0n) is 7.94. The first-order chi connectivity index (χ1) is 6.74. The normalized spacial score (nSPS) is 22.7. The summed E-state index contributed by atoms with van der Waals surface area (Å²) in [6.07, 6.45) is 4.89. The molecular weight excluding hydrogens is 179 g/mol. The van der Waals surface area contributed by atoms with E-state index >= 15 is 0 Å². The van der Waals surface area contributed by atoms with Crippen molar-refractivity contribution in [2.24, 2.45) is 0 Å². The Labute approximate surface area is 83.9 Å². The van der Waals surface area contributed by atoms with E-state index in [1.165, 1.54) is 6.08 Å². The molecule has 14 heavy (non-hydrogen) atoms. The van der Waals surface area contributed by atoms with E-state index in [1.807, 2.05) is 0 Å². The molecule has 3 nitrogen and oxygen atoms in total. The molecule has 1 fully saturated rings. The predicted octanol–water partition coefficient (Wildman–Crippen LogP) is 0.624. The lowest BCUT2D eigenvalue weighted by Crippen LogP contribution is -2.15. The molecule has 0 unspecified atom stereocenters. The van der Waals surface area contributed by atoms with Crippen molar-refractivity contribution < 1.29 is 14.8 Å². The zero-order chi connectivity index (χ0) is 10.6. The van der Waals surface area contributed by atoms with Crippen molar-refractivity contribution in [2.45, 2.75) is 0 Å². The van der Waals surface area contributed by atoms with Crippen LogP contribution in [0.4, 0.5) is 0 Å². The second-order valence-corrected chi connectivity index (χ2v) is 2.89. The van der Waals surface area contributed by atoms with Gasteiger partial charge < -0.3 is 14.8 Å². The predicted molar refractivity (Wildman–Crippen MR) is 56.5 cm³/mol. The Morgan fingerprint density at radius 2 is 2.29 bits per heavy atom. The molecule has 0 saturated carbocycles. The van der Waals surface area contributed by atoms with Gasteiger partial charge in [-0.15, -0.1) is 0 Å². The van der Waals surface area contributed by atoms with Gasteiger partial charge >= 0.3 is 7.12 Å². The molecule has 2 N–H and O–H groups in total. The van der Waals surface area contributed by atoms with Crippen LogP contribution in [0.5, 0.6) is 0 Å². The highest BCUT2D eigenvalue weighted by Crippen LogP contribution is 2.25. The lowest BCUT2D eigenvalue weighted by Gasteiger charge is -2.04. The molecule has 1 aliphatic heterocycles. The Kier molecular flexibility index (Phi) is 3.89. The molecule has 1 aliphatic rings. The topological polar surface area (TPSA) is 49.7 Å². The van der Waals surface area contributed by atoms with Gasteiger partial charge in [0.15, 0.2) is 0 Å². The molecule has 0 amide bonds. The summed E-state index contributed by atoms with van der Waals surface area (Å²) in [5.74, 6) is 0. The van der Waals surface area contributed by atoms with Crippen molar-refractivity contribution in [1.29, 1.82) is 0 Å². The summed E-state index contributed by atoms with van der Waals surface area (Å²) in [6.45, 7) is 7.31. The fraction of sp³-hybridized carbons (Fsp3) is 0.200. The molecule has 1 saturated heterocycles. The van der Waals surface area contributed by atoms with E-state index in [4.69, 9.17) is 9.76 Å². The number of aliphatic hydroxyl groups excluding tert-OH is 1. The molecule has 0 aliphatic carbocycles. The summed E-state index contributed by atoms with van der Waals surface area (Å²) in [7, 11) is -0.971. The quantitative estimate of drug-likeness (QED) is 0.644. The Bertz CT molecular complexity index is 304.